The van der Waals surface area contributed by atoms with E-state index >= 15 is 0 Å². The number of aryl methyl sites for hydroxylation is 2. The van der Waals surface area contributed by atoms with Gasteiger partial charge in [0.25, 0.3) is 5.91 Å². The Hall–Kier alpha value is -3.35. The average Bonchev–Trinajstić information content (AvgIpc) is 3.00. The summed E-state index contributed by atoms with van der Waals surface area (Å²) in [6.45, 7) is 3.99. The number of nitrogens with two attached hydrogens (primary N) is 1. The number of aromatic nitrogens is 4. The highest BCUT2D eigenvalue weighted by Gasteiger charge is 2.12. The minimum absolute atomic E-state index is 0.0383. The molecule has 0 aliphatic heterocycles. The summed E-state index contributed by atoms with van der Waals surface area (Å²) in [7, 11) is 0. The maximum absolute atomic E-state index is 13.3. The summed E-state index contributed by atoms with van der Waals surface area (Å²) in [6, 6.07) is 10.1. The van der Waals surface area contributed by atoms with Crippen LogP contribution in [0.1, 0.15) is 16.8 Å². The number of primary amides is 1. The monoisotopic (exact) mass is 337 g/mol. The van der Waals surface area contributed by atoms with E-state index in [2.05, 4.69) is 21.1 Å². The minimum Gasteiger partial charge on any atom is -0.365 e. The van der Waals surface area contributed by atoms with E-state index in [9.17, 15) is 9.18 Å². The zero-order valence-corrected chi connectivity index (χ0v) is 13.8. The molecule has 1 amide bonds. The third kappa shape index (κ3) is 3.77. The molecule has 0 spiro atoms. The Morgan fingerprint density at radius 3 is 2.56 bits per heavy atom. The number of carbonyl (C=O) groups excluding carboxylic acids is 1. The maximum Gasteiger partial charge on any atom is 0.252 e. The van der Waals surface area contributed by atoms with E-state index in [-0.39, 0.29) is 11.3 Å². The first-order valence-electron chi connectivity index (χ1n) is 7.57. The molecule has 7 heteroatoms. The lowest BCUT2D eigenvalue weighted by atomic mass is 10.1. The van der Waals surface area contributed by atoms with Gasteiger partial charge in [-0.1, -0.05) is 23.3 Å². The molecule has 0 aliphatic carbocycles. The number of hydrogen-bond acceptors (Lipinski definition) is 4. The summed E-state index contributed by atoms with van der Waals surface area (Å²) < 4.78 is 14.7. The predicted molar refractivity (Wildman–Crippen MR) is 92.5 cm³/mol. The Morgan fingerprint density at radius 2 is 1.92 bits per heavy atom. The molecule has 2 N–H and O–H groups in total. The zero-order valence-electron chi connectivity index (χ0n) is 13.8. The first-order chi connectivity index (χ1) is 11.9. The van der Waals surface area contributed by atoms with Crippen molar-refractivity contribution in [2.45, 2.75) is 13.8 Å². The van der Waals surface area contributed by atoms with Crippen LogP contribution in [0.4, 0.5) is 4.39 Å². The number of nitrogens with zero attached hydrogens (tertiary/aromatic N) is 4. The number of rotatable bonds is 4. The number of amides is 1. The van der Waals surface area contributed by atoms with Crippen LogP contribution in [0.2, 0.25) is 0 Å². The highest BCUT2D eigenvalue weighted by molar-refractivity contribution is 6.21. The van der Waals surface area contributed by atoms with Gasteiger partial charge in [-0.15, -0.1) is 5.10 Å². The van der Waals surface area contributed by atoms with Gasteiger partial charge in [-0.05, 0) is 38.1 Å². The van der Waals surface area contributed by atoms with E-state index in [0.717, 1.165) is 16.7 Å². The van der Waals surface area contributed by atoms with Gasteiger partial charge in [0.2, 0.25) is 5.95 Å². The van der Waals surface area contributed by atoms with Gasteiger partial charge in [0.05, 0.1) is 11.3 Å². The Bertz CT molecular complexity index is 957. The van der Waals surface area contributed by atoms with Crippen molar-refractivity contribution in [3.05, 3.63) is 65.5 Å². The van der Waals surface area contributed by atoms with E-state index < -0.39 is 11.9 Å². The number of pyridine rings is 1. The molecule has 3 aromatic rings. The molecule has 1 aromatic carbocycles. The zero-order chi connectivity index (χ0) is 18.0. The molecule has 0 fully saturated rings. The van der Waals surface area contributed by atoms with Crippen molar-refractivity contribution >= 4 is 17.7 Å². The molecule has 0 saturated carbocycles. The van der Waals surface area contributed by atoms with Crippen molar-refractivity contribution in [2.75, 3.05) is 0 Å². The lowest BCUT2D eigenvalue weighted by molar-refractivity contribution is -0.112. The second kappa shape index (κ2) is 6.64. The van der Waals surface area contributed by atoms with Crippen molar-refractivity contribution in [2.24, 2.45) is 5.73 Å². The summed E-state index contributed by atoms with van der Waals surface area (Å²) in [5.74, 6) is -0.917. The molecule has 0 unspecified atom stereocenters. The summed E-state index contributed by atoms with van der Waals surface area (Å²) >= 11 is 0. The van der Waals surface area contributed by atoms with Crippen LogP contribution in [-0.2, 0) is 4.79 Å². The molecule has 25 heavy (non-hydrogen) atoms. The fourth-order valence-corrected chi connectivity index (χ4v) is 2.52. The SMILES string of the molecule is Cc1cc(C)cc(-c2ncn(/C=C(/C(N)=O)c3cccc(F)n3)n2)c1. The van der Waals surface area contributed by atoms with Crippen molar-refractivity contribution in [3.8, 4) is 11.4 Å². The summed E-state index contributed by atoms with van der Waals surface area (Å²) in [5, 5.41) is 4.33. The van der Waals surface area contributed by atoms with Crippen molar-refractivity contribution in [1.82, 2.24) is 19.7 Å². The third-order valence-corrected chi connectivity index (χ3v) is 3.51. The van der Waals surface area contributed by atoms with Gasteiger partial charge < -0.3 is 5.73 Å². The number of carbonyl (C=O) groups is 1. The summed E-state index contributed by atoms with van der Waals surface area (Å²) in [6.07, 6.45) is 2.83. The van der Waals surface area contributed by atoms with E-state index in [1.165, 1.54) is 35.4 Å². The highest BCUT2D eigenvalue weighted by atomic mass is 19.1. The van der Waals surface area contributed by atoms with E-state index in [4.69, 9.17) is 5.73 Å². The van der Waals surface area contributed by atoms with Crippen LogP contribution >= 0.6 is 0 Å². The molecule has 2 aromatic heterocycles. The first kappa shape index (κ1) is 16.5. The Morgan fingerprint density at radius 1 is 1.20 bits per heavy atom. The molecule has 0 aliphatic rings. The molecular weight excluding hydrogens is 321 g/mol. The molecule has 126 valence electrons. The predicted octanol–water partition coefficient (Wildman–Crippen LogP) is 2.58. The van der Waals surface area contributed by atoms with Crippen molar-refractivity contribution in [3.63, 3.8) is 0 Å². The molecular formula is C18H16FN5O. The average molecular weight is 337 g/mol. The van der Waals surface area contributed by atoms with Crippen LogP contribution in [0.5, 0.6) is 0 Å². The Labute approximate surface area is 143 Å². The molecule has 3 rings (SSSR count). The second-order valence-electron chi connectivity index (χ2n) is 5.68. The van der Waals surface area contributed by atoms with Crippen LogP contribution in [0, 0.1) is 19.8 Å². The summed E-state index contributed by atoms with van der Waals surface area (Å²) in [5.41, 5.74) is 8.64. The molecule has 0 atom stereocenters. The smallest absolute Gasteiger partial charge is 0.252 e. The first-order valence-corrected chi connectivity index (χ1v) is 7.57. The van der Waals surface area contributed by atoms with Crippen molar-refractivity contribution < 1.29 is 9.18 Å². The topological polar surface area (TPSA) is 86.7 Å². The van der Waals surface area contributed by atoms with Crippen LogP contribution in [-0.4, -0.2) is 25.7 Å². The molecule has 2 heterocycles. The van der Waals surface area contributed by atoms with Crippen LogP contribution < -0.4 is 5.73 Å². The van der Waals surface area contributed by atoms with E-state index in [0.29, 0.717) is 5.82 Å². The van der Waals surface area contributed by atoms with Crippen molar-refractivity contribution in [1.29, 1.82) is 0 Å². The van der Waals surface area contributed by atoms with Gasteiger partial charge >= 0.3 is 0 Å². The number of benzene rings is 1. The maximum atomic E-state index is 13.3. The lowest BCUT2D eigenvalue weighted by Gasteiger charge is -2.03. The minimum atomic E-state index is -0.735. The van der Waals surface area contributed by atoms with Gasteiger partial charge in [0.15, 0.2) is 5.82 Å². The molecule has 6 nitrogen and oxygen atoms in total. The quantitative estimate of drug-likeness (QED) is 0.585. The number of halogens is 1. The van der Waals surface area contributed by atoms with Crippen LogP contribution in [0.25, 0.3) is 23.2 Å². The fraction of sp³-hybridized carbons (Fsp3) is 0.111. The van der Waals surface area contributed by atoms with Gasteiger partial charge in [-0.3, -0.25) is 4.79 Å². The molecule has 0 radical (unpaired) electrons. The fourth-order valence-electron chi connectivity index (χ4n) is 2.52. The molecule has 0 saturated heterocycles. The van der Waals surface area contributed by atoms with Gasteiger partial charge in [0.1, 0.15) is 6.33 Å². The largest absolute Gasteiger partial charge is 0.365 e. The lowest BCUT2D eigenvalue weighted by Crippen LogP contribution is -2.15. The molecule has 0 bridgehead atoms. The van der Waals surface area contributed by atoms with E-state index in [1.807, 2.05) is 26.0 Å². The van der Waals surface area contributed by atoms with Gasteiger partial charge in [0, 0.05) is 11.8 Å². The van der Waals surface area contributed by atoms with Crippen LogP contribution in [0.15, 0.2) is 42.7 Å². The Kier molecular flexibility index (Phi) is 4.38. The van der Waals surface area contributed by atoms with E-state index in [1.54, 1.807) is 0 Å². The standard InChI is InChI=1S/C18H16FN5O/c1-11-6-12(2)8-13(7-11)18-21-10-24(23-18)9-14(17(20)25)15-4-3-5-16(19)22-15/h3-10H,1-2H3,(H2,20,25)/b14-9+. The van der Waals surface area contributed by atoms with Gasteiger partial charge in [-0.2, -0.15) is 4.39 Å². The Balaban J connectivity index is 2.00. The third-order valence-electron chi connectivity index (χ3n) is 3.51. The van der Waals surface area contributed by atoms with Crippen LogP contribution in [0.3, 0.4) is 0 Å². The summed E-state index contributed by atoms with van der Waals surface area (Å²) in [4.78, 5) is 19.6. The normalized spacial score (nSPS) is 11.6. The number of hydrogen-bond donors (Lipinski definition) is 1. The second-order valence-corrected chi connectivity index (χ2v) is 5.68. The van der Waals surface area contributed by atoms with Gasteiger partial charge in [-0.25, -0.2) is 14.6 Å². The highest BCUT2D eigenvalue weighted by Crippen LogP contribution is 2.19.